The summed E-state index contributed by atoms with van der Waals surface area (Å²) < 4.78 is 11.1. The molecular formula is C22H25N3O4S. The highest BCUT2D eigenvalue weighted by Gasteiger charge is 2.32. The number of furan rings is 1. The Balaban J connectivity index is 1.46. The third-order valence-corrected chi connectivity index (χ3v) is 6.00. The Morgan fingerprint density at radius 2 is 2.17 bits per heavy atom. The second kappa shape index (κ2) is 9.38. The minimum Gasteiger partial charge on any atom is -0.459 e. The molecule has 0 bridgehead atoms. The fourth-order valence-corrected chi connectivity index (χ4v) is 4.27. The molecule has 0 aliphatic carbocycles. The lowest BCUT2D eigenvalue weighted by atomic mass is 9.97. The van der Waals surface area contributed by atoms with Crippen LogP contribution in [0.5, 0.6) is 0 Å². The number of aromatic nitrogens is 1. The average Bonchev–Trinajstić information content (AvgIpc) is 3.46. The molecule has 1 aliphatic heterocycles. The number of carbonyl (C=O) groups excluding carboxylic acids is 2. The van der Waals surface area contributed by atoms with Gasteiger partial charge in [-0.05, 0) is 55.5 Å². The number of thioether (sulfide) groups is 1. The number of amides is 2. The van der Waals surface area contributed by atoms with Crippen molar-refractivity contribution in [2.24, 2.45) is 0 Å². The summed E-state index contributed by atoms with van der Waals surface area (Å²) in [5.74, 6) is 1.28. The number of fused-ring (bicyclic) bond motifs is 1. The fourth-order valence-electron chi connectivity index (χ4n) is 3.79. The van der Waals surface area contributed by atoms with Crippen molar-refractivity contribution in [1.29, 1.82) is 0 Å². The van der Waals surface area contributed by atoms with Crippen molar-refractivity contribution in [3.8, 4) is 0 Å². The summed E-state index contributed by atoms with van der Waals surface area (Å²) in [6.07, 6.45) is 5.79. The number of nitrogens with zero attached hydrogens (tertiary/aromatic N) is 2. The third-order valence-electron chi connectivity index (χ3n) is 5.35. The van der Waals surface area contributed by atoms with Crippen molar-refractivity contribution in [2.75, 3.05) is 25.1 Å². The molecule has 2 aromatic heterocycles. The van der Waals surface area contributed by atoms with Gasteiger partial charge in [0.05, 0.1) is 12.2 Å². The first kappa shape index (κ1) is 20.5. The number of likely N-dealkylation sites (tertiary alicyclic amines) is 1. The van der Waals surface area contributed by atoms with Gasteiger partial charge in [-0.2, -0.15) is 11.8 Å². The molecule has 8 heteroatoms. The van der Waals surface area contributed by atoms with E-state index in [0.717, 1.165) is 29.7 Å². The molecule has 7 nitrogen and oxygen atoms in total. The van der Waals surface area contributed by atoms with Gasteiger partial charge >= 0.3 is 0 Å². The van der Waals surface area contributed by atoms with Crippen LogP contribution < -0.4 is 5.32 Å². The van der Waals surface area contributed by atoms with E-state index in [0.29, 0.717) is 25.4 Å². The molecule has 2 atom stereocenters. The summed E-state index contributed by atoms with van der Waals surface area (Å²) in [6, 6.07) is 10.3. The van der Waals surface area contributed by atoms with E-state index in [4.69, 9.17) is 8.83 Å². The predicted molar refractivity (Wildman–Crippen MR) is 116 cm³/mol. The summed E-state index contributed by atoms with van der Waals surface area (Å²) in [5, 5.41) is 2.85. The maximum atomic E-state index is 13.3. The van der Waals surface area contributed by atoms with Gasteiger partial charge in [0.2, 0.25) is 5.91 Å². The van der Waals surface area contributed by atoms with Gasteiger partial charge in [0, 0.05) is 13.1 Å². The zero-order valence-corrected chi connectivity index (χ0v) is 17.7. The van der Waals surface area contributed by atoms with E-state index < -0.39 is 6.04 Å². The minimum atomic E-state index is -0.586. The Labute approximate surface area is 179 Å². The monoisotopic (exact) mass is 427 g/mol. The van der Waals surface area contributed by atoms with Crippen LogP contribution in [0.3, 0.4) is 0 Å². The lowest BCUT2D eigenvalue weighted by Crippen LogP contribution is -2.51. The van der Waals surface area contributed by atoms with Crippen molar-refractivity contribution in [3.63, 3.8) is 0 Å². The highest BCUT2D eigenvalue weighted by atomic mass is 32.2. The molecule has 1 aliphatic rings. The number of piperidine rings is 1. The van der Waals surface area contributed by atoms with Gasteiger partial charge in [-0.25, -0.2) is 4.98 Å². The number of nitrogens with one attached hydrogen (secondary N) is 1. The summed E-state index contributed by atoms with van der Waals surface area (Å²) in [5.41, 5.74) is 1.60. The van der Waals surface area contributed by atoms with Gasteiger partial charge in [-0.1, -0.05) is 12.1 Å². The van der Waals surface area contributed by atoms with Crippen molar-refractivity contribution >= 4 is 34.7 Å². The van der Waals surface area contributed by atoms with Crippen molar-refractivity contribution in [1.82, 2.24) is 15.2 Å². The SMILES string of the molecule is CSCC[C@H](NC(=O)c1ccco1)C(=O)N1CCC[C@H](c2nc3ccccc3o2)C1. The van der Waals surface area contributed by atoms with Crippen molar-refractivity contribution in [3.05, 3.63) is 54.3 Å². The lowest BCUT2D eigenvalue weighted by Gasteiger charge is -2.34. The maximum absolute atomic E-state index is 13.3. The topological polar surface area (TPSA) is 88.6 Å². The number of hydrogen-bond donors (Lipinski definition) is 1. The second-order valence-electron chi connectivity index (χ2n) is 7.43. The zero-order valence-electron chi connectivity index (χ0n) is 16.9. The first-order valence-corrected chi connectivity index (χ1v) is 11.5. The number of oxazole rings is 1. The Kier molecular flexibility index (Phi) is 6.42. The van der Waals surface area contributed by atoms with Gasteiger partial charge in [-0.3, -0.25) is 9.59 Å². The van der Waals surface area contributed by atoms with E-state index in [9.17, 15) is 9.59 Å². The van der Waals surface area contributed by atoms with E-state index in [2.05, 4.69) is 10.3 Å². The zero-order chi connectivity index (χ0) is 20.9. The van der Waals surface area contributed by atoms with E-state index in [1.165, 1.54) is 6.26 Å². The molecule has 0 radical (unpaired) electrons. The molecule has 30 heavy (non-hydrogen) atoms. The smallest absolute Gasteiger partial charge is 0.287 e. The van der Waals surface area contributed by atoms with Crippen molar-refractivity contribution < 1.29 is 18.4 Å². The standard InChI is InChI=1S/C22H25N3O4S/c1-30-13-10-17(23-20(26)19-9-5-12-28-19)22(27)25-11-4-6-15(14-25)21-24-16-7-2-3-8-18(16)29-21/h2-3,5,7-9,12,15,17H,4,6,10-11,13-14H2,1H3,(H,23,26)/t15-,17-/m0/s1. The highest BCUT2D eigenvalue weighted by molar-refractivity contribution is 7.98. The predicted octanol–water partition coefficient (Wildman–Crippen LogP) is 3.68. The molecule has 158 valence electrons. The summed E-state index contributed by atoms with van der Waals surface area (Å²) in [6.45, 7) is 1.21. The van der Waals surface area contributed by atoms with Crippen LogP contribution in [0.4, 0.5) is 0 Å². The molecule has 1 aromatic carbocycles. The van der Waals surface area contributed by atoms with E-state index >= 15 is 0 Å². The minimum absolute atomic E-state index is 0.0528. The Morgan fingerprint density at radius 1 is 1.30 bits per heavy atom. The first-order chi connectivity index (χ1) is 14.7. The molecule has 1 N–H and O–H groups in total. The van der Waals surface area contributed by atoms with Crippen LogP contribution in [0.1, 0.15) is 41.6 Å². The number of hydrogen-bond acceptors (Lipinski definition) is 6. The van der Waals surface area contributed by atoms with Gasteiger partial charge in [0.25, 0.3) is 5.91 Å². The van der Waals surface area contributed by atoms with Crippen molar-refractivity contribution in [2.45, 2.75) is 31.2 Å². The van der Waals surface area contributed by atoms with Crippen LogP contribution in [0, 0.1) is 0 Å². The fraction of sp³-hybridized carbons (Fsp3) is 0.409. The molecule has 1 saturated heterocycles. The average molecular weight is 428 g/mol. The molecule has 0 unspecified atom stereocenters. The summed E-state index contributed by atoms with van der Waals surface area (Å²) in [7, 11) is 0. The van der Waals surface area contributed by atoms with E-state index in [-0.39, 0.29) is 23.5 Å². The van der Waals surface area contributed by atoms with Crippen LogP contribution in [0.2, 0.25) is 0 Å². The van der Waals surface area contributed by atoms with Crippen LogP contribution in [-0.2, 0) is 4.79 Å². The molecule has 4 rings (SSSR count). The molecule has 3 heterocycles. The largest absolute Gasteiger partial charge is 0.459 e. The second-order valence-corrected chi connectivity index (χ2v) is 8.41. The molecular weight excluding hydrogens is 402 g/mol. The molecule has 1 fully saturated rings. The number of para-hydroxylation sites is 2. The van der Waals surface area contributed by atoms with Crippen LogP contribution in [0.15, 0.2) is 51.5 Å². The Bertz CT molecular complexity index is 968. The Hall–Kier alpha value is -2.74. The Morgan fingerprint density at radius 3 is 2.93 bits per heavy atom. The summed E-state index contributed by atoms with van der Waals surface area (Å²) >= 11 is 1.65. The summed E-state index contributed by atoms with van der Waals surface area (Å²) in [4.78, 5) is 32.2. The quantitative estimate of drug-likeness (QED) is 0.619. The van der Waals surface area contributed by atoms with Crippen LogP contribution in [-0.4, -0.2) is 52.8 Å². The third kappa shape index (κ3) is 4.53. The van der Waals surface area contributed by atoms with Crippen LogP contribution >= 0.6 is 11.8 Å². The maximum Gasteiger partial charge on any atom is 0.287 e. The molecule has 2 amide bonds. The van der Waals surface area contributed by atoms with Gasteiger partial charge in [0.1, 0.15) is 11.6 Å². The highest BCUT2D eigenvalue weighted by Crippen LogP contribution is 2.29. The van der Waals surface area contributed by atoms with Crippen LogP contribution in [0.25, 0.3) is 11.1 Å². The normalized spacial score (nSPS) is 17.8. The number of benzene rings is 1. The first-order valence-electron chi connectivity index (χ1n) is 10.1. The van der Waals surface area contributed by atoms with Gasteiger partial charge in [-0.15, -0.1) is 0 Å². The number of carbonyl (C=O) groups is 2. The number of rotatable bonds is 7. The van der Waals surface area contributed by atoms with E-state index in [1.807, 2.05) is 35.4 Å². The van der Waals surface area contributed by atoms with Gasteiger partial charge in [0.15, 0.2) is 17.2 Å². The van der Waals surface area contributed by atoms with E-state index in [1.54, 1.807) is 23.9 Å². The van der Waals surface area contributed by atoms with Gasteiger partial charge < -0.3 is 19.1 Å². The lowest BCUT2D eigenvalue weighted by molar-refractivity contribution is -0.134. The molecule has 3 aromatic rings. The molecule has 0 spiro atoms. The molecule has 0 saturated carbocycles.